The van der Waals surface area contributed by atoms with Crippen LogP contribution in [0.25, 0.3) is 33.3 Å². The summed E-state index contributed by atoms with van der Waals surface area (Å²) in [5.41, 5.74) is 19.2. The summed E-state index contributed by atoms with van der Waals surface area (Å²) in [6.07, 6.45) is 0. The second-order valence-corrected chi connectivity index (χ2v) is 11.7. The van der Waals surface area contributed by atoms with Crippen LogP contribution >= 0.6 is 0 Å². The van der Waals surface area contributed by atoms with E-state index in [-0.39, 0.29) is 5.92 Å². The fourth-order valence-corrected chi connectivity index (χ4v) is 7.59. The van der Waals surface area contributed by atoms with Crippen molar-refractivity contribution >= 4 is 10.9 Å². The summed E-state index contributed by atoms with van der Waals surface area (Å²) in [5, 5.41) is 1.29. The summed E-state index contributed by atoms with van der Waals surface area (Å²) in [6, 6.07) is 41.4. The van der Waals surface area contributed by atoms with E-state index >= 15 is 0 Å². The van der Waals surface area contributed by atoms with E-state index in [1.807, 2.05) is 0 Å². The van der Waals surface area contributed by atoms with E-state index < -0.39 is 0 Å². The molecule has 0 amide bonds. The third-order valence-electron chi connectivity index (χ3n) is 9.56. The highest BCUT2D eigenvalue weighted by Crippen LogP contribution is 2.56. The number of pyridine rings is 1. The molecule has 6 aromatic rings. The van der Waals surface area contributed by atoms with E-state index in [1.54, 1.807) is 0 Å². The molecule has 0 saturated carbocycles. The van der Waals surface area contributed by atoms with Crippen LogP contribution < -0.4 is 4.57 Å². The summed E-state index contributed by atoms with van der Waals surface area (Å²) in [7, 11) is 2.21. The minimum atomic E-state index is 0.289. The molecular weight excluding hydrogens is 482 g/mol. The van der Waals surface area contributed by atoms with Crippen LogP contribution in [0.5, 0.6) is 0 Å². The normalized spacial score (nSPS) is 16.5. The Morgan fingerprint density at radius 1 is 0.525 bits per heavy atom. The average Bonchev–Trinajstić information content (AvgIpc) is 2.98. The number of hydrogen-bond acceptors (Lipinski definition) is 0. The highest BCUT2D eigenvalue weighted by molar-refractivity contribution is 5.94. The van der Waals surface area contributed by atoms with E-state index in [9.17, 15) is 0 Å². The van der Waals surface area contributed by atoms with Gasteiger partial charge >= 0.3 is 0 Å². The first kappa shape index (κ1) is 23.4. The lowest BCUT2D eigenvalue weighted by Gasteiger charge is -2.42. The van der Waals surface area contributed by atoms with Crippen molar-refractivity contribution in [2.24, 2.45) is 7.05 Å². The molecular formula is C39H32N+. The van der Waals surface area contributed by atoms with Crippen molar-refractivity contribution in [2.75, 3.05) is 0 Å². The Labute approximate surface area is 236 Å². The first-order valence-electron chi connectivity index (χ1n) is 14.3. The van der Waals surface area contributed by atoms with Gasteiger partial charge in [-0.3, -0.25) is 0 Å². The SMILES string of the molecule is Cc1cc(C)c(C)c(-c2ccc3c(-c4ccc5c(c4)C4c6ccccc6C5c5ccccc54)cccc3[n+]2C)c1. The van der Waals surface area contributed by atoms with E-state index in [1.165, 1.54) is 83.4 Å². The number of hydrogen-bond donors (Lipinski definition) is 0. The molecule has 1 nitrogen and oxygen atoms in total. The molecule has 3 aliphatic carbocycles. The maximum atomic E-state index is 2.48. The quantitative estimate of drug-likeness (QED) is 0.203. The molecule has 0 radical (unpaired) electrons. The smallest absolute Gasteiger partial charge is 0.194 e. The van der Waals surface area contributed by atoms with Crippen molar-refractivity contribution in [3.63, 3.8) is 0 Å². The highest BCUT2D eigenvalue weighted by atomic mass is 14.9. The molecule has 1 heterocycles. The lowest BCUT2D eigenvalue weighted by atomic mass is 9.61. The van der Waals surface area contributed by atoms with Gasteiger partial charge in [-0.15, -0.1) is 0 Å². The van der Waals surface area contributed by atoms with Crippen LogP contribution in [0, 0.1) is 20.8 Å². The van der Waals surface area contributed by atoms with Gasteiger partial charge in [-0.1, -0.05) is 84.4 Å². The standard InChI is InChI=1S/C39H32N/c1-23-20-24(2)25(3)34(21-23)37-19-18-28-27(14-9-15-36(28)40(37)4)26-16-17-33-35(22-26)39-31-12-7-5-10-29(31)38(33)30-11-6-8-13-32(30)39/h5-22,38-39H,1-4H3/q+1. The Morgan fingerprint density at radius 2 is 1.15 bits per heavy atom. The molecule has 2 bridgehead atoms. The third-order valence-corrected chi connectivity index (χ3v) is 9.56. The Kier molecular flexibility index (Phi) is 4.97. The van der Waals surface area contributed by atoms with Crippen LogP contribution in [0.2, 0.25) is 0 Å². The molecule has 0 unspecified atom stereocenters. The number of fused-ring (bicyclic) bond motifs is 1. The molecule has 0 spiro atoms. The molecule has 40 heavy (non-hydrogen) atoms. The van der Waals surface area contributed by atoms with Gasteiger partial charge in [0, 0.05) is 29.5 Å². The third kappa shape index (κ3) is 3.18. The summed E-state index contributed by atoms with van der Waals surface area (Å²) >= 11 is 0. The van der Waals surface area contributed by atoms with Crippen molar-refractivity contribution in [1.82, 2.24) is 0 Å². The number of rotatable bonds is 2. The Hall–Kier alpha value is -4.49. The first-order chi connectivity index (χ1) is 19.5. The van der Waals surface area contributed by atoms with Crippen LogP contribution in [-0.2, 0) is 7.05 Å². The van der Waals surface area contributed by atoms with Gasteiger partial charge in [-0.2, -0.15) is 4.57 Å². The molecule has 0 saturated heterocycles. The fourth-order valence-electron chi connectivity index (χ4n) is 7.59. The second-order valence-electron chi connectivity index (χ2n) is 11.7. The minimum absolute atomic E-state index is 0.289. The van der Waals surface area contributed by atoms with Crippen LogP contribution in [0.1, 0.15) is 61.9 Å². The van der Waals surface area contributed by atoms with Gasteiger partial charge in [0.25, 0.3) is 0 Å². The molecule has 0 aliphatic heterocycles. The number of benzene rings is 5. The lowest BCUT2D eigenvalue weighted by Crippen LogP contribution is -2.32. The first-order valence-corrected chi connectivity index (χ1v) is 14.3. The van der Waals surface area contributed by atoms with Crippen LogP contribution in [-0.4, -0.2) is 0 Å². The van der Waals surface area contributed by atoms with E-state index in [0.717, 1.165) is 0 Å². The average molecular weight is 515 g/mol. The minimum Gasteiger partial charge on any atom is -0.194 e. The molecule has 0 atom stereocenters. The van der Waals surface area contributed by atoms with E-state index in [0.29, 0.717) is 5.92 Å². The molecule has 1 heteroatoms. The monoisotopic (exact) mass is 514 g/mol. The number of aryl methyl sites for hydroxylation is 3. The largest absolute Gasteiger partial charge is 0.213 e. The Balaban J connectivity index is 1.30. The van der Waals surface area contributed by atoms with Gasteiger partial charge in [-0.05, 0) is 94.6 Å². The number of nitrogens with zero attached hydrogens (tertiary/aromatic N) is 1. The maximum absolute atomic E-state index is 2.48. The highest BCUT2D eigenvalue weighted by Gasteiger charge is 2.41. The van der Waals surface area contributed by atoms with Gasteiger partial charge < -0.3 is 0 Å². The topological polar surface area (TPSA) is 3.88 Å². The zero-order chi connectivity index (χ0) is 27.1. The zero-order valence-corrected chi connectivity index (χ0v) is 23.5. The molecule has 0 N–H and O–H groups in total. The molecule has 5 aromatic carbocycles. The Morgan fingerprint density at radius 3 is 1.82 bits per heavy atom. The van der Waals surface area contributed by atoms with Crippen molar-refractivity contribution in [1.29, 1.82) is 0 Å². The van der Waals surface area contributed by atoms with Gasteiger partial charge in [0.15, 0.2) is 0 Å². The van der Waals surface area contributed by atoms with Crippen molar-refractivity contribution < 1.29 is 4.57 Å². The van der Waals surface area contributed by atoms with Crippen LogP contribution in [0.15, 0.2) is 109 Å². The molecule has 9 rings (SSSR count). The van der Waals surface area contributed by atoms with Gasteiger partial charge in [0.1, 0.15) is 7.05 Å². The summed E-state index contributed by atoms with van der Waals surface area (Å²) < 4.78 is 2.37. The second kappa shape index (κ2) is 8.50. The fraction of sp³-hybridized carbons (Fsp3) is 0.154. The molecule has 192 valence electrons. The number of aromatic nitrogens is 1. The summed E-state index contributed by atoms with van der Waals surface area (Å²) in [5.74, 6) is 0.605. The Bertz CT molecular complexity index is 1960. The predicted molar refractivity (Wildman–Crippen MR) is 165 cm³/mol. The molecule has 3 aliphatic rings. The maximum Gasteiger partial charge on any atom is 0.213 e. The lowest BCUT2D eigenvalue weighted by molar-refractivity contribution is -0.633. The van der Waals surface area contributed by atoms with Crippen LogP contribution in [0.3, 0.4) is 0 Å². The van der Waals surface area contributed by atoms with Gasteiger partial charge in [0.2, 0.25) is 11.2 Å². The summed E-state index contributed by atoms with van der Waals surface area (Å²) in [4.78, 5) is 0. The van der Waals surface area contributed by atoms with E-state index in [2.05, 4.69) is 142 Å². The summed E-state index contributed by atoms with van der Waals surface area (Å²) in [6.45, 7) is 6.64. The van der Waals surface area contributed by atoms with Crippen molar-refractivity contribution in [3.05, 3.63) is 159 Å². The molecule has 0 fully saturated rings. The predicted octanol–water partition coefficient (Wildman–Crippen LogP) is 8.91. The van der Waals surface area contributed by atoms with Crippen molar-refractivity contribution in [2.45, 2.75) is 32.6 Å². The van der Waals surface area contributed by atoms with Crippen LogP contribution in [0.4, 0.5) is 0 Å². The van der Waals surface area contributed by atoms with E-state index in [4.69, 9.17) is 0 Å². The van der Waals surface area contributed by atoms with Gasteiger partial charge in [0.05, 0.1) is 5.39 Å². The van der Waals surface area contributed by atoms with Crippen molar-refractivity contribution in [3.8, 4) is 22.4 Å². The van der Waals surface area contributed by atoms with Gasteiger partial charge in [-0.25, -0.2) is 0 Å². The molecule has 1 aromatic heterocycles. The zero-order valence-electron chi connectivity index (χ0n) is 23.5.